The predicted octanol–water partition coefficient (Wildman–Crippen LogP) is 3.83. The molecule has 1 aliphatic rings. The molecule has 0 bridgehead atoms. The van der Waals surface area contributed by atoms with Gasteiger partial charge in [0.05, 0.1) is 5.54 Å². The summed E-state index contributed by atoms with van der Waals surface area (Å²) in [5.74, 6) is -0.0708. The molecule has 0 radical (unpaired) electrons. The molecule has 118 valence electrons. The number of nitrogens with one attached hydrogen (secondary N) is 1. The molecule has 1 saturated carbocycles. The summed E-state index contributed by atoms with van der Waals surface area (Å²) in [6, 6.07) is 7.76. The Hall–Kier alpha value is -1.43. The number of amides is 1. The zero-order valence-corrected chi connectivity index (χ0v) is 13.9. The highest BCUT2D eigenvalue weighted by molar-refractivity contribution is 7.13. The van der Waals surface area contributed by atoms with E-state index < -0.39 is 5.54 Å². The Morgan fingerprint density at radius 3 is 2.73 bits per heavy atom. The molecule has 1 fully saturated rings. The van der Waals surface area contributed by atoms with Gasteiger partial charge in [0.2, 0.25) is 5.91 Å². The molecule has 1 aliphatic carbocycles. The van der Waals surface area contributed by atoms with Crippen LogP contribution in [0.5, 0.6) is 0 Å². The van der Waals surface area contributed by atoms with Gasteiger partial charge in [0.15, 0.2) is 0 Å². The topological polar surface area (TPSA) is 68.0 Å². The van der Waals surface area contributed by atoms with Crippen LogP contribution in [-0.4, -0.2) is 16.4 Å². The van der Waals surface area contributed by atoms with Gasteiger partial charge in [0.1, 0.15) is 5.01 Å². The van der Waals surface area contributed by atoms with Crippen molar-refractivity contribution in [1.82, 2.24) is 4.98 Å². The van der Waals surface area contributed by atoms with Crippen molar-refractivity contribution in [3.05, 3.63) is 35.8 Å². The van der Waals surface area contributed by atoms with E-state index in [9.17, 15) is 4.79 Å². The molecule has 1 aromatic carbocycles. The molecule has 1 heterocycles. The summed E-state index contributed by atoms with van der Waals surface area (Å²) in [6.07, 6.45) is 6.55. The Balaban J connectivity index is 0.00000176. The number of rotatable bonds is 3. The molecule has 3 rings (SSSR count). The van der Waals surface area contributed by atoms with Crippen molar-refractivity contribution in [3.8, 4) is 10.6 Å². The Morgan fingerprint density at radius 2 is 2.05 bits per heavy atom. The van der Waals surface area contributed by atoms with Crippen molar-refractivity contribution >= 4 is 35.3 Å². The molecule has 6 heteroatoms. The first kappa shape index (κ1) is 16.9. The molecule has 1 amide bonds. The van der Waals surface area contributed by atoms with Crippen molar-refractivity contribution in [2.45, 2.75) is 37.6 Å². The zero-order chi connectivity index (χ0) is 14.7. The lowest BCUT2D eigenvalue weighted by molar-refractivity contribution is -0.122. The summed E-state index contributed by atoms with van der Waals surface area (Å²) in [4.78, 5) is 16.7. The van der Waals surface area contributed by atoms with Gasteiger partial charge in [-0.15, -0.1) is 23.7 Å². The van der Waals surface area contributed by atoms with E-state index in [1.807, 2.05) is 29.6 Å². The van der Waals surface area contributed by atoms with E-state index in [2.05, 4.69) is 10.3 Å². The fourth-order valence-corrected chi connectivity index (χ4v) is 3.40. The number of benzene rings is 1. The molecular weight excluding hydrogens is 318 g/mol. The van der Waals surface area contributed by atoms with Crippen molar-refractivity contribution < 1.29 is 4.79 Å². The van der Waals surface area contributed by atoms with Gasteiger partial charge in [0.25, 0.3) is 0 Å². The highest BCUT2D eigenvalue weighted by atomic mass is 35.5. The molecule has 0 spiro atoms. The minimum atomic E-state index is -0.713. The average molecular weight is 338 g/mol. The van der Waals surface area contributed by atoms with Gasteiger partial charge in [-0.25, -0.2) is 4.98 Å². The molecule has 1 aromatic heterocycles. The van der Waals surface area contributed by atoms with Crippen LogP contribution in [0.15, 0.2) is 35.8 Å². The largest absolute Gasteiger partial charge is 0.324 e. The van der Waals surface area contributed by atoms with Crippen LogP contribution in [0.1, 0.15) is 32.1 Å². The zero-order valence-electron chi connectivity index (χ0n) is 12.2. The minimum absolute atomic E-state index is 0. The number of nitrogens with zero attached hydrogens (tertiary/aromatic N) is 1. The van der Waals surface area contributed by atoms with E-state index in [4.69, 9.17) is 5.73 Å². The predicted molar refractivity (Wildman–Crippen MR) is 93.4 cm³/mol. The number of anilines is 1. The molecule has 3 N–H and O–H groups in total. The standard InChI is InChI=1S/C16H19N3OS.ClH/c17-16(7-2-1-3-8-16)15(20)19-13-6-4-5-12(11-13)14-18-9-10-21-14;/h4-6,9-11H,1-3,7-8,17H2,(H,19,20);1H. The summed E-state index contributed by atoms with van der Waals surface area (Å²) in [5.41, 5.74) is 7.34. The van der Waals surface area contributed by atoms with Crippen LogP contribution in [-0.2, 0) is 4.79 Å². The molecular formula is C16H20ClN3OS. The van der Waals surface area contributed by atoms with E-state index in [0.717, 1.165) is 41.9 Å². The van der Waals surface area contributed by atoms with Crippen molar-refractivity contribution in [2.24, 2.45) is 5.73 Å². The van der Waals surface area contributed by atoms with Crippen LogP contribution in [0, 0.1) is 0 Å². The summed E-state index contributed by atoms with van der Waals surface area (Å²) >= 11 is 1.58. The maximum Gasteiger partial charge on any atom is 0.244 e. The molecule has 0 unspecified atom stereocenters. The third-order valence-corrected chi connectivity index (χ3v) is 4.82. The summed E-state index contributed by atoms with van der Waals surface area (Å²) in [5, 5.41) is 5.86. The normalized spacial score (nSPS) is 16.6. The van der Waals surface area contributed by atoms with Crippen LogP contribution in [0.2, 0.25) is 0 Å². The Morgan fingerprint density at radius 1 is 1.27 bits per heavy atom. The van der Waals surface area contributed by atoms with Crippen LogP contribution >= 0.6 is 23.7 Å². The molecule has 2 aromatic rings. The van der Waals surface area contributed by atoms with Gasteiger partial charge < -0.3 is 11.1 Å². The summed E-state index contributed by atoms with van der Waals surface area (Å²) in [7, 11) is 0. The van der Waals surface area contributed by atoms with E-state index in [1.165, 1.54) is 6.42 Å². The number of nitrogens with two attached hydrogens (primary N) is 1. The Kier molecular flexibility index (Phi) is 5.56. The smallest absolute Gasteiger partial charge is 0.244 e. The summed E-state index contributed by atoms with van der Waals surface area (Å²) < 4.78 is 0. The highest BCUT2D eigenvalue weighted by Gasteiger charge is 2.35. The second-order valence-corrected chi connectivity index (χ2v) is 6.48. The van der Waals surface area contributed by atoms with Crippen LogP contribution < -0.4 is 11.1 Å². The van der Waals surface area contributed by atoms with Gasteiger partial charge in [0, 0.05) is 22.8 Å². The SMILES string of the molecule is Cl.NC1(C(=O)Nc2cccc(-c3nccs3)c2)CCCCC1. The number of hydrogen-bond acceptors (Lipinski definition) is 4. The van der Waals surface area contributed by atoms with Gasteiger partial charge in [-0.1, -0.05) is 31.4 Å². The maximum absolute atomic E-state index is 12.4. The third-order valence-electron chi connectivity index (χ3n) is 4.00. The second-order valence-electron chi connectivity index (χ2n) is 5.59. The highest BCUT2D eigenvalue weighted by Crippen LogP contribution is 2.28. The fraction of sp³-hybridized carbons (Fsp3) is 0.375. The molecule has 0 aliphatic heterocycles. The van der Waals surface area contributed by atoms with Crippen molar-refractivity contribution in [2.75, 3.05) is 5.32 Å². The maximum atomic E-state index is 12.4. The van der Waals surface area contributed by atoms with Gasteiger partial charge >= 0.3 is 0 Å². The van der Waals surface area contributed by atoms with Crippen LogP contribution in [0.3, 0.4) is 0 Å². The van der Waals surface area contributed by atoms with Crippen LogP contribution in [0.4, 0.5) is 5.69 Å². The van der Waals surface area contributed by atoms with Crippen LogP contribution in [0.25, 0.3) is 10.6 Å². The molecule has 0 atom stereocenters. The van der Waals surface area contributed by atoms with Gasteiger partial charge in [-0.05, 0) is 25.0 Å². The Labute approximate surface area is 140 Å². The number of carbonyl (C=O) groups is 1. The van der Waals surface area contributed by atoms with Gasteiger partial charge in [-0.3, -0.25) is 4.79 Å². The van der Waals surface area contributed by atoms with E-state index in [0.29, 0.717) is 0 Å². The number of carbonyl (C=O) groups excluding carboxylic acids is 1. The number of hydrogen-bond donors (Lipinski definition) is 2. The Bertz CT molecular complexity index is 624. The van der Waals surface area contributed by atoms with E-state index in [-0.39, 0.29) is 18.3 Å². The third kappa shape index (κ3) is 3.66. The number of halogens is 1. The lowest BCUT2D eigenvalue weighted by Gasteiger charge is -2.31. The first-order valence-electron chi connectivity index (χ1n) is 7.28. The molecule has 22 heavy (non-hydrogen) atoms. The monoisotopic (exact) mass is 337 g/mol. The number of aromatic nitrogens is 1. The summed E-state index contributed by atoms with van der Waals surface area (Å²) in [6.45, 7) is 0. The second kappa shape index (κ2) is 7.22. The molecule has 4 nitrogen and oxygen atoms in total. The fourth-order valence-electron chi connectivity index (χ4n) is 2.76. The number of thiazole rings is 1. The van der Waals surface area contributed by atoms with Crippen molar-refractivity contribution in [3.63, 3.8) is 0 Å². The first-order valence-corrected chi connectivity index (χ1v) is 8.16. The lowest BCUT2D eigenvalue weighted by Crippen LogP contribution is -2.52. The quantitative estimate of drug-likeness (QED) is 0.894. The lowest BCUT2D eigenvalue weighted by atomic mass is 9.82. The van der Waals surface area contributed by atoms with E-state index in [1.54, 1.807) is 17.5 Å². The average Bonchev–Trinajstić information content (AvgIpc) is 3.02. The first-order chi connectivity index (χ1) is 10.2. The minimum Gasteiger partial charge on any atom is -0.324 e. The molecule has 0 saturated heterocycles. The van der Waals surface area contributed by atoms with Gasteiger partial charge in [-0.2, -0.15) is 0 Å². The van der Waals surface area contributed by atoms with Crippen molar-refractivity contribution in [1.29, 1.82) is 0 Å². The van der Waals surface area contributed by atoms with E-state index >= 15 is 0 Å².